The third-order valence-corrected chi connectivity index (χ3v) is 4.61. The summed E-state index contributed by atoms with van der Waals surface area (Å²) in [5.41, 5.74) is 5.34. The molecule has 0 saturated heterocycles. The van der Waals surface area contributed by atoms with Gasteiger partial charge < -0.3 is 4.90 Å². The number of hydrogen-bond acceptors (Lipinski definition) is 5. The lowest BCUT2D eigenvalue weighted by Gasteiger charge is -2.30. The Bertz CT molecular complexity index is 880. The molecule has 0 saturated carbocycles. The van der Waals surface area contributed by atoms with Crippen molar-refractivity contribution in [2.75, 3.05) is 11.4 Å². The van der Waals surface area contributed by atoms with Gasteiger partial charge in [-0.05, 0) is 40.0 Å². The van der Waals surface area contributed by atoms with Gasteiger partial charge in [0.25, 0.3) is 0 Å². The number of aryl methyl sites for hydroxylation is 1. The first-order valence-electron chi connectivity index (χ1n) is 7.73. The minimum absolute atomic E-state index is 0.793. The van der Waals surface area contributed by atoms with Gasteiger partial charge in [0, 0.05) is 36.0 Å². The van der Waals surface area contributed by atoms with Gasteiger partial charge in [0.2, 0.25) is 0 Å². The van der Waals surface area contributed by atoms with Crippen molar-refractivity contribution < 1.29 is 0 Å². The highest BCUT2D eigenvalue weighted by molar-refractivity contribution is 9.10. The number of rotatable bonds is 2. The van der Waals surface area contributed by atoms with Gasteiger partial charge in [0.1, 0.15) is 11.3 Å². The minimum Gasteiger partial charge on any atom is -0.363 e. The van der Waals surface area contributed by atoms with Crippen molar-refractivity contribution in [3.8, 4) is 0 Å². The lowest BCUT2D eigenvalue weighted by atomic mass is 10.1. The van der Waals surface area contributed by atoms with E-state index in [1.807, 2.05) is 30.7 Å². The smallest absolute Gasteiger partial charge is 0.128 e. The van der Waals surface area contributed by atoms with Crippen molar-refractivity contribution in [2.24, 2.45) is 0 Å². The molecule has 4 rings (SSSR count). The van der Waals surface area contributed by atoms with Crippen LogP contribution in [0.25, 0.3) is 11.0 Å². The van der Waals surface area contributed by atoms with Gasteiger partial charge in [-0.3, -0.25) is 9.97 Å². The van der Waals surface area contributed by atoms with Crippen LogP contribution in [0, 0.1) is 0 Å². The third kappa shape index (κ3) is 2.67. The van der Waals surface area contributed by atoms with E-state index >= 15 is 0 Å². The first kappa shape index (κ1) is 14.5. The van der Waals surface area contributed by atoms with Gasteiger partial charge in [0.05, 0.1) is 23.4 Å². The van der Waals surface area contributed by atoms with E-state index in [1.165, 1.54) is 5.56 Å². The van der Waals surface area contributed by atoms with Crippen LogP contribution in [0.2, 0.25) is 0 Å². The van der Waals surface area contributed by atoms with E-state index in [2.05, 4.69) is 42.7 Å². The van der Waals surface area contributed by atoms with Crippen molar-refractivity contribution in [1.29, 1.82) is 0 Å². The average Bonchev–Trinajstić information content (AvgIpc) is 2.60. The van der Waals surface area contributed by atoms with Crippen LogP contribution < -0.4 is 4.90 Å². The quantitative estimate of drug-likeness (QED) is 0.693. The molecule has 0 unspecified atom stereocenters. The maximum Gasteiger partial charge on any atom is 0.128 e. The maximum absolute atomic E-state index is 4.71. The molecule has 0 N–H and O–H groups in total. The Labute approximate surface area is 142 Å². The summed E-state index contributed by atoms with van der Waals surface area (Å²) in [4.78, 5) is 20.4. The molecule has 116 valence electrons. The van der Waals surface area contributed by atoms with Gasteiger partial charge in [-0.15, -0.1) is 0 Å². The van der Waals surface area contributed by atoms with Gasteiger partial charge in [-0.2, -0.15) is 0 Å². The lowest BCUT2D eigenvalue weighted by Crippen LogP contribution is -2.31. The Morgan fingerprint density at radius 2 is 2.13 bits per heavy atom. The number of nitrogens with zero attached hydrogens (tertiary/aromatic N) is 5. The second-order valence-corrected chi connectivity index (χ2v) is 6.55. The first-order valence-corrected chi connectivity index (χ1v) is 8.53. The first-order chi connectivity index (χ1) is 11.2. The Balaban J connectivity index is 1.74. The molecular weight excluding hydrogens is 354 g/mol. The Kier molecular flexibility index (Phi) is 3.69. The minimum atomic E-state index is 0.793. The number of pyridine rings is 2. The highest BCUT2D eigenvalue weighted by Gasteiger charge is 2.20. The molecule has 0 aliphatic carbocycles. The fraction of sp³-hybridized carbons (Fsp3) is 0.294. The molecule has 1 aliphatic rings. The van der Waals surface area contributed by atoms with Crippen LogP contribution >= 0.6 is 15.9 Å². The van der Waals surface area contributed by atoms with Crippen molar-refractivity contribution in [3.05, 3.63) is 52.3 Å². The van der Waals surface area contributed by atoms with Crippen molar-refractivity contribution in [1.82, 2.24) is 19.9 Å². The van der Waals surface area contributed by atoms with Crippen LogP contribution in [0.15, 0.2) is 35.2 Å². The van der Waals surface area contributed by atoms with Crippen LogP contribution in [0.5, 0.6) is 0 Å². The number of anilines is 1. The van der Waals surface area contributed by atoms with E-state index in [0.717, 1.165) is 58.6 Å². The largest absolute Gasteiger partial charge is 0.363 e. The SMILES string of the molecule is CCc1ncc2c(n1)CN(c1ccnc3cc(Br)cnc13)CC2. The normalized spacial score (nSPS) is 14.1. The van der Waals surface area contributed by atoms with Crippen molar-refractivity contribution >= 4 is 32.7 Å². The summed E-state index contributed by atoms with van der Waals surface area (Å²) >= 11 is 3.46. The Morgan fingerprint density at radius 3 is 3.00 bits per heavy atom. The Morgan fingerprint density at radius 1 is 1.22 bits per heavy atom. The average molecular weight is 370 g/mol. The monoisotopic (exact) mass is 369 g/mol. The molecule has 0 atom stereocenters. The zero-order valence-electron chi connectivity index (χ0n) is 12.8. The van der Waals surface area contributed by atoms with Gasteiger partial charge in [-0.25, -0.2) is 9.97 Å². The van der Waals surface area contributed by atoms with E-state index in [-0.39, 0.29) is 0 Å². The molecule has 0 bridgehead atoms. The lowest BCUT2D eigenvalue weighted by molar-refractivity contribution is 0.694. The van der Waals surface area contributed by atoms with Gasteiger partial charge in [0.15, 0.2) is 0 Å². The van der Waals surface area contributed by atoms with E-state index in [9.17, 15) is 0 Å². The summed E-state index contributed by atoms with van der Waals surface area (Å²) in [6.45, 7) is 3.82. The molecular formula is C17H16BrN5. The van der Waals surface area contributed by atoms with E-state index in [0.29, 0.717) is 0 Å². The van der Waals surface area contributed by atoms with E-state index in [4.69, 9.17) is 4.98 Å². The van der Waals surface area contributed by atoms with E-state index in [1.54, 1.807) is 0 Å². The zero-order chi connectivity index (χ0) is 15.8. The van der Waals surface area contributed by atoms with E-state index < -0.39 is 0 Å². The second kappa shape index (κ2) is 5.85. The zero-order valence-corrected chi connectivity index (χ0v) is 14.4. The summed E-state index contributed by atoms with van der Waals surface area (Å²) in [5.74, 6) is 0.909. The number of aromatic nitrogens is 4. The summed E-state index contributed by atoms with van der Waals surface area (Å²) in [5, 5.41) is 0. The molecule has 6 heteroatoms. The molecule has 0 spiro atoms. The van der Waals surface area contributed by atoms with Gasteiger partial charge in [-0.1, -0.05) is 6.92 Å². The summed E-state index contributed by atoms with van der Waals surface area (Å²) in [6.07, 6.45) is 7.47. The van der Waals surface area contributed by atoms with Crippen LogP contribution in [0.3, 0.4) is 0 Å². The Hall–Kier alpha value is -2.08. The van der Waals surface area contributed by atoms with Crippen molar-refractivity contribution in [2.45, 2.75) is 26.3 Å². The van der Waals surface area contributed by atoms with Gasteiger partial charge >= 0.3 is 0 Å². The molecule has 4 heterocycles. The maximum atomic E-state index is 4.71. The molecule has 3 aromatic heterocycles. The number of halogens is 1. The fourth-order valence-electron chi connectivity index (χ4n) is 2.97. The number of hydrogen-bond donors (Lipinski definition) is 0. The summed E-state index contributed by atoms with van der Waals surface area (Å²) < 4.78 is 0.943. The van der Waals surface area contributed by atoms with Crippen LogP contribution in [-0.2, 0) is 19.4 Å². The third-order valence-electron chi connectivity index (χ3n) is 4.18. The molecule has 23 heavy (non-hydrogen) atoms. The molecule has 1 aliphatic heterocycles. The predicted molar refractivity (Wildman–Crippen MR) is 93.4 cm³/mol. The molecule has 5 nitrogen and oxygen atoms in total. The highest BCUT2D eigenvalue weighted by Crippen LogP contribution is 2.29. The molecule has 0 amide bonds. The number of fused-ring (bicyclic) bond motifs is 2. The van der Waals surface area contributed by atoms with Crippen LogP contribution in [0.4, 0.5) is 5.69 Å². The predicted octanol–water partition coefficient (Wildman–Crippen LogP) is 3.31. The molecule has 0 radical (unpaired) electrons. The topological polar surface area (TPSA) is 54.8 Å². The second-order valence-electron chi connectivity index (χ2n) is 5.63. The molecule has 3 aromatic rings. The van der Waals surface area contributed by atoms with Crippen molar-refractivity contribution in [3.63, 3.8) is 0 Å². The molecule has 0 fully saturated rings. The standard InChI is InChI=1S/C17H16BrN5/c1-2-16-20-8-11-4-6-23(10-14(11)22-16)15-3-5-19-13-7-12(18)9-21-17(13)15/h3,5,7-9H,2,4,6,10H2,1H3. The van der Waals surface area contributed by atoms with Crippen LogP contribution in [0.1, 0.15) is 24.0 Å². The summed E-state index contributed by atoms with van der Waals surface area (Å²) in [6, 6.07) is 4.04. The molecule has 0 aromatic carbocycles. The summed E-state index contributed by atoms with van der Waals surface area (Å²) in [7, 11) is 0. The fourth-order valence-corrected chi connectivity index (χ4v) is 3.29. The highest BCUT2D eigenvalue weighted by atomic mass is 79.9. The van der Waals surface area contributed by atoms with Crippen LogP contribution in [-0.4, -0.2) is 26.5 Å².